The average molecular weight is 263 g/mol. The lowest BCUT2D eigenvalue weighted by Crippen LogP contribution is -2.51. The fourth-order valence-corrected chi connectivity index (χ4v) is 3.64. The maximum atomic E-state index is 11.3. The highest BCUT2D eigenvalue weighted by Gasteiger charge is 2.32. The lowest BCUT2D eigenvalue weighted by atomic mass is 9.98. The molecule has 1 aliphatic heterocycles. The monoisotopic (exact) mass is 263 g/mol. The second-order valence-electron chi connectivity index (χ2n) is 5.07. The molecule has 100 valence electrons. The van der Waals surface area contributed by atoms with E-state index in [1.54, 1.807) is 6.92 Å². The summed E-state index contributed by atoms with van der Waals surface area (Å²) in [6.45, 7) is 2.16. The number of amides is 1. The lowest BCUT2D eigenvalue weighted by Gasteiger charge is -2.27. The van der Waals surface area contributed by atoms with E-state index in [1.165, 1.54) is 0 Å². The van der Waals surface area contributed by atoms with Crippen LogP contribution in [0.25, 0.3) is 0 Å². The molecule has 2 atom stereocenters. The van der Waals surface area contributed by atoms with Crippen LogP contribution < -0.4 is 11.5 Å². The van der Waals surface area contributed by atoms with Crippen LogP contribution in [0.3, 0.4) is 0 Å². The molecule has 0 saturated carbocycles. The Bertz CT molecular complexity index is 392. The number of hydrogen-bond acceptors (Lipinski definition) is 5. The van der Waals surface area contributed by atoms with E-state index in [0.29, 0.717) is 19.4 Å². The van der Waals surface area contributed by atoms with Gasteiger partial charge in [-0.3, -0.25) is 4.79 Å². The van der Waals surface area contributed by atoms with Crippen molar-refractivity contribution in [2.75, 3.05) is 25.1 Å². The van der Waals surface area contributed by atoms with Gasteiger partial charge >= 0.3 is 0 Å². The van der Waals surface area contributed by atoms with Crippen molar-refractivity contribution in [3.63, 3.8) is 0 Å². The van der Waals surface area contributed by atoms with Crippen LogP contribution in [0.4, 0.5) is 0 Å². The molecule has 1 aliphatic rings. The summed E-state index contributed by atoms with van der Waals surface area (Å²) in [5.74, 6) is -0.0936. The van der Waals surface area contributed by atoms with Gasteiger partial charge in [-0.25, -0.2) is 8.42 Å². The summed E-state index contributed by atoms with van der Waals surface area (Å²) in [6, 6.07) is 0.0312. The first kappa shape index (κ1) is 14.4. The van der Waals surface area contributed by atoms with Crippen molar-refractivity contribution >= 4 is 15.7 Å². The molecular weight excluding hydrogens is 242 g/mol. The summed E-state index contributed by atoms with van der Waals surface area (Å²) < 4.78 is 22.7. The normalized spacial score (nSPS) is 26.9. The molecule has 0 radical (unpaired) electrons. The van der Waals surface area contributed by atoms with Crippen molar-refractivity contribution in [1.82, 2.24) is 4.90 Å². The molecule has 4 N–H and O–H groups in total. The van der Waals surface area contributed by atoms with E-state index in [9.17, 15) is 13.2 Å². The molecule has 1 rings (SSSR count). The summed E-state index contributed by atoms with van der Waals surface area (Å²) in [5.41, 5.74) is 9.88. The second-order valence-corrected chi connectivity index (χ2v) is 7.30. The lowest BCUT2D eigenvalue weighted by molar-refractivity contribution is -0.122. The van der Waals surface area contributed by atoms with Crippen molar-refractivity contribution in [2.45, 2.75) is 31.3 Å². The van der Waals surface area contributed by atoms with Crippen LogP contribution in [-0.4, -0.2) is 55.9 Å². The highest BCUT2D eigenvalue weighted by atomic mass is 32.2. The molecule has 0 aliphatic carbocycles. The zero-order chi connectivity index (χ0) is 13.3. The minimum atomic E-state index is -2.88. The van der Waals surface area contributed by atoms with Crippen LogP contribution in [0.5, 0.6) is 0 Å². The van der Waals surface area contributed by atoms with Gasteiger partial charge in [0.05, 0.1) is 17.0 Å². The van der Waals surface area contributed by atoms with E-state index in [4.69, 9.17) is 11.5 Å². The van der Waals surface area contributed by atoms with E-state index in [2.05, 4.69) is 0 Å². The van der Waals surface area contributed by atoms with Gasteiger partial charge in [0.1, 0.15) is 0 Å². The summed E-state index contributed by atoms with van der Waals surface area (Å²) >= 11 is 0. The molecule has 1 amide bonds. The van der Waals surface area contributed by atoms with Gasteiger partial charge in [0.25, 0.3) is 0 Å². The molecule has 0 aromatic carbocycles. The van der Waals surface area contributed by atoms with E-state index in [-0.39, 0.29) is 17.5 Å². The first-order valence-electron chi connectivity index (χ1n) is 5.63. The van der Waals surface area contributed by atoms with E-state index < -0.39 is 21.3 Å². The van der Waals surface area contributed by atoms with Crippen LogP contribution >= 0.6 is 0 Å². The predicted molar refractivity (Wildman–Crippen MR) is 66.1 cm³/mol. The van der Waals surface area contributed by atoms with Crippen LogP contribution in [-0.2, 0) is 14.6 Å². The molecule has 6 nitrogen and oxygen atoms in total. The summed E-state index contributed by atoms with van der Waals surface area (Å²) in [6.07, 6.45) is 1.08. The molecule has 2 unspecified atom stereocenters. The molecule has 0 aromatic rings. The Kier molecular flexibility index (Phi) is 4.16. The van der Waals surface area contributed by atoms with E-state index >= 15 is 0 Å². The van der Waals surface area contributed by atoms with Crippen LogP contribution in [0.2, 0.25) is 0 Å². The first-order chi connectivity index (χ1) is 7.64. The van der Waals surface area contributed by atoms with Crippen molar-refractivity contribution < 1.29 is 13.2 Å². The standard InChI is InChI=1S/C10H21N3O3S/c1-10(12,9(11)14)4-5-13(2)8-3-6-17(15,16)7-8/h8H,3-7,12H2,1-2H3,(H2,11,14). The number of nitrogens with zero attached hydrogens (tertiary/aromatic N) is 1. The van der Waals surface area contributed by atoms with Gasteiger partial charge in [-0.2, -0.15) is 0 Å². The maximum absolute atomic E-state index is 11.3. The third-order valence-corrected chi connectivity index (χ3v) is 5.13. The Balaban J connectivity index is 2.46. The van der Waals surface area contributed by atoms with Gasteiger partial charge in [0.15, 0.2) is 9.84 Å². The minimum absolute atomic E-state index is 0.0312. The largest absolute Gasteiger partial charge is 0.368 e. The number of hydrogen-bond donors (Lipinski definition) is 2. The molecule has 1 saturated heterocycles. The molecule has 0 aromatic heterocycles. The van der Waals surface area contributed by atoms with Gasteiger partial charge in [0.2, 0.25) is 5.91 Å². The molecular formula is C10H21N3O3S. The van der Waals surface area contributed by atoms with E-state index in [1.807, 2.05) is 11.9 Å². The van der Waals surface area contributed by atoms with E-state index in [0.717, 1.165) is 0 Å². The van der Waals surface area contributed by atoms with Gasteiger partial charge in [-0.05, 0) is 26.8 Å². The van der Waals surface area contributed by atoms with Crippen molar-refractivity contribution in [2.24, 2.45) is 11.5 Å². The molecule has 0 bridgehead atoms. The summed E-state index contributed by atoms with van der Waals surface area (Å²) in [4.78, 5) is 13.0. The van der Waals surface area contributed by atoms with Gasteiger partial charge in [-0.15, -0.1) is 0 Å². The molecule has 17 heavy (non-hydrogen) atoms. The minimum Gasteiger partial charge on any atom is -0.368 e. The van der Waals surface area contributed by atoms with Crippen LogP contribution in [0.1, 0.15) is 19.8 Å². The fourth-order valence-electron chi connectivity index (χ4n) is 1.84. The third-order valence-electron chi connectivity index (χ3n) is 3.38. The average Bonchev–Trinajstić information content (AvgIpc) is 2.55. The highest BCUT2D eigenvalue weighted by molar-refractivity contribution is 7.91. The molecule has 7 heteroatoms. The quantitative estimate of drug-likeness (QED) is 0.641. The highest BCUT2D eigenvalue weighted by Crippen LogP contribution is 2.17. The Morgan fingerprint density at radius 3 is 2.53 bits per heavy atom. The smallest absolute Gasteiger partial charge is 0.237 e. The number of carbonyl (C=O) groups excluding carboxylic acids is 1. The summed E-state index contributed by atoms with van der Waals surface area (Å²) in [7, 11) is -1.03. The SMILES string of the molecule is CN(CCC(C)(N)C(N)=O)C1CCS(=O)(=O)C1. The van der Waals surface area contributed by atoms with Gasteiger partial charge in [-0.1, -0.05) is 0 Å². The maximum Gasteiger partial charge on any atom is 0.237 e. The predicted octanol–water partition coefficient (Wildman–Crippen LogP) is -1.30. The van der Waals surface area contributed by atoms with Crippen molar-refractivity contribution in [3.05, 3.63) is 0 Å². The number of sulfone groups is 1. The Morgan fingerprint density at radius 2 is 2.12 bits per heavy atom. The zero-order valence-electron chi connectivity index (χ0n) is 10.3. The Morgan fingerprint density at radius 1 is 1.53 bits per heavy atom. The number of primary amides is 1. The molecule has 1 fully saturated rings. The number of rotatable bonds is 5. The topological polar surface area (TPSA) is 106 Å². The molecule has 0 spiro atoms. The van der Waals surface area contributed by atoms with Crippen LogP contribution in [0, 0.1) is 0 Å². The van der Waals surface area contributed by atoms with Crippen molar-refractivity contribution in [1.29, 1.82) is 0 Å². The fraction of sp³-hybridized carbons (Fsp3) is 0.900. The van der Waals surface area contributed by atoms with Gasteiger partial charge < -0.3 is 16.4 Å². The Labute approximate surface area is 102 Å². The van der Waals surface area contributed by atoms with Crippen LogP contribution in [0.15, 0.2) is 0 Å². The second kappa shape index (κ2) is 4.91. The Hall–Kier alpha value is -0.660. The number of nitrogens with two attached hydrogens (primary N) is 2. The molecule has 1 heterocycles. The summed E-state index contributed by atoms with van der Waals surface area (Å²) in [5, 5.41) is 0. The zero-order valence-corrected chi connectivity index (χ0v) is 11.2. The van der Waals surface area contributed by atoms with Gasteiger partial charge in [0, 0.05) is 12.6 Å². The van der Waals surface area contributed by atoms with Crippen molar-refractivity contribution in [3.8, 4) is 0 Å². The first-order valence-corrected chi connectivity index (χ1v) is 7.46. The third kappa shape index (κ3) is 3.93. The number of carbonyl (C=O) groups is 1.